The minimum Gasteiger partial charge on any atom is -0.496 e. The van der Waals surface area contributed by atoms with Gasteiger partial charge in [0.15, 0.2) is 6.10 Å². The number of carbonyl (C=O) groups is 3. The average molecular weight is 908 g/mol. The van der Waals surface area contributed by atoms with E-state index < -0.39 is 63.7 Å². The van der Waals surface area contributed by atoms with E-state index in [0.29, 0.717) is 68.1 Å². The lowest BCUT2D eigenvalue weighted by Gasteiger charge is -2.63. The molecule has 2 N–H and O–H groups in total. The molecule has 66 heavy (non-hydrogen) atoms. The lowest BCUT2D eigenvalue weighted by atomic mass is 9.47. The Bertz CT molecular complexity index is 2650. The van der Waals surface area contributed by atoms with Gasteiger partial charge in [-0.1, -0.05) is 25.1 Å². The number of esters is 3. The molecule has 1 aliphatic carbocycles. The highest BCUT2D eigenvalue weighted by Gasteiger charge is 2.80. The second kappa shape index (κ2) is 15.6. The highest BCUT2D eigenvalue weighted by Crippen LogP contribution is 2.68. The monoisotopic (exact) mass is 907 g/mol. The van der Waals surface area contributed by atoms with Gasteiger partial charge in [-0.05, 0) is 104 Å². The van der Waals surface area contributed by atoms with E-state index in [1.807, 2.05) is 67.4 Å². The Morgan fingerprint density at radius 3 is 2.41 bits per heavy atom. The van der Waals surface area contributed by atoms with Gasteiger partial charge in [0.05, 0.1) is 27.4 Å². The Kier molecular flexibility index (Phi) is 10.5. The summed E-state index contributed by atoms with van der Waals surface area (Å²) in [6, 6.07) is 12.6. The molecule has 1 spiro atoms. The Balaban J connectivity index is 1.27. The minimum absolute atomic E-state index is 0.124. The van der Waals surface area contributed by atoms with Crippen molar-refractivity contribution in [3.63, 3.8) is 0 Å². The van der Waals surface area contributed by atoms with Crippen LogP contribution in [0.2, 0.25) is 0 Å². The summed E-state index contributed by atoms with van der Waals surface area (Å²) in [5.41, 5.74) is 0.142. The third-order valence-electron chi connectivity index (χ3n) is 16.7. The van der Waals surface area contributed by atoms with Crippen LogP contribution >= 0.6 is 0 Å². The minimum atomic E-state index is -2.96. The molecule has 15 heteroatoms. The molecule has 1 saturated carbocycles. The number of carbonyl (C=O) groups excluding carboxylic acids is 3. The second-order valence-electron chi connectivity index (χ2n) is 19.8. The van der Waals surface area contributed by atoms with E-state index in [-0.39, 0.29) is 31.3 Å². The van der Waals surface area contributed by atoms with E-state index in [0.717, 1.165) is 40.1 Å². The third-order valence-corrected chi connectivity index (χ3v) is 16.7. The molecule has 6 aliphatic rings. The SMILES string of the molecule is CC[C@]12C=CCN3CC[C@@]4(c5cc([C@@]6(C(=O)OC)C[C@@H]7C[C@@H](C(C)(F)F)CN(CCc8c6[nH]c6ccc(-c9ccncc9)cc86)C7)c(OC)cc5N(C)[C@H]4[C@@](O)(C(=O)OC)[C@@H]1OC(C)=O)[C@@H]32. The number of hydrogen-bond donors (Lipinski definition) is 2. The zero-order chi connectivity index (χ0) is 46.7. The van der Waals surface area contributed by atoms with Crippen molar-refractivity contribution < 1.29 is 47.2 Å². The largest absolute Gasteiger partial charge is 0.496 e. The van der Waals surface area contributed by atoms with Crippen molar-refractivity contribution in [3.8, 4) is 16.9 Å². The quantitative estimate of drug-likeness (QED) is 0.118. The predicted molar refractivity (Wildman–Crippen MR) is 243 cm³/mol. The molecule has 10 atom stereocenters. The normalized spacial score (nSPS) is 33.4. The number of pyridine rings is 1. The van der Waals surface area contributed by atoms with Gasteiger partial charge in [0.25, 0.3) is 0 Å². The second-order valence-corrected chi connectivity index (χ2v) is 19.8. The van der Waals surface area contributed by atoms with Crippen molar-refractivity contribution in [3.05, 3.63) is 89.4 Å². The smallest absolute Gasteiger partial charge is 0.344 e. The summed E-state index contributed by atoms with van der Waals surface area (Å²) in [7, 11) is 5.96. The molecule has 13 nitrogen and oxygen atoms in total. The first-order chi connectivity index (χ1) is 31.5. The maximum atomic E-state index is 15.6. The molecule has 2 aromatic heterocycles. The Hall–Kier alpha value is -5.38. The van der Waals surface area contributed by atoms with Crippen molar-refractivity contribution in [1.29, 1.82) is 0 Å². The van der Waals surface area contributed by atoms with Crippen LogP contribution in [0.1, 0.15) is 68.8 Å². The Morgan fingerprint density at radius 1 is 0.970 bits per heavy atom. The summed E-state index contributed by atoms with van der Waals surface area (Å²) in [6.45, 7) is 6.68. The number of nitrogens with zero attached hydrogens (tertiary/aromatic N) is 4. The average Bonchev–Trinajstić information content (AvgIpc) is 3.97. The molecule has 1 unspecified atom stereocenters. The number of alkyl halides is 2. The number of halogens is 2. The number of aromatic amines is 1. The Labute approximate surface area is 383 Å². The van der Waals surface area contributed by atoms with E-state index in [9.17, 15) is 14.7 Å². The number of rotatable bonds is 8. The maximum Gasteiger partial charge on any atom is 0.344 e. The van der Waals surface area contributed by atoms with E-state index >= 15 is 13.6 Å². The van der Waals surface area contributed by atoms with E-state index in [1.165, 1.54) is 21.1 Å². The fourth-order valence-electron chi connectivity index (χ4n) is 14.2. The number of anilines is 1. The topological polar surface area (TPSA) is 147 Å². The van der Waals surface area contributed by atoms with Crippen molar-refractivity contribution in [1.82, 2.24) is 19.8 Å². The van der Waals surface area contributed by atoms with Crippen LogP contribution in [0.25, 0.3) is 22.0 Å². The highest BCUT2D eigenvalue weighted by atomic mass is 19.3. The van der Waals surface area contributed by atoms with Crippen LogP contribution in [0.3, 0.4) is 0 Å². The summed E-state index contributed by atoms with van der Waals surface area (Å²) in [4.78, 5) is 57.5. The summed E-state index contributed by atoms with van der Waals surface area (Å²) < 4.78 is 55.1. The van der Waals surface area contributed by atoms with Crippen LogP contribution in [0.4, 0.5) is 14.5 Å². The molecule has 4 aromatic rings. The number of methoxy groups -OCH3 is 3. The lowest BCUT2D eigenvalue weighted by molar-refractivity contribution is -0.228. The molecule has 3 fully saturated rings. The predicted octanol–water partition coefficient (Wildman–Crippen LogP) is 6.18. The van der Waals surface area contributed by atoms with Gasteiger partial charge in [0, 0.05) is 109 Å². The number of benzene rings is 2. The van der Waals surface area contributed by atoms with Gasteiger partial charge in [-0.2, -0.15) is 0 Å². The van der Waals surface area contributed by atoms with Gasteiger partial charge >= 0.3 is 17.9 Å². The zero-order valence-electron chi connectivity index (χ0n) is 38.7. The van der Waals surface area contributed by atoms with Crippen LogP contribution < -0.4 is 9.64 Å². The molecule has 7 heterocycles. The van der Waals surface area contributed by atoms with Crippen LogP contribution in [0.5, 0.6) is 5.75 Å². The molecule has 0 radical (unpaired) electrons. The van der Waals surface area contributed by atoms with Crippen LogP contribution in [0, 0.1) is 17.3 Å². The standard InChI is InChI=1S/C51H59F2N5O8/c1-8-48-15-9-19-58-21-16-49(42(48)58)36-24-37(40(63-5)25-39(36)56(4)43(49)51(62,46(61)65-7)44(48)66-29(2)59)50(45(60)64-6)26-30-22-33(47(3,52)53)28-57(27-30)20-14-34-35-23-32(31-12-17-54-18-13-31)10-11-38(35)55-41(34)50/h9-13,15,17-18,23-25,30,33,42-44,55,62H,8,14,16,19-22,26-28H2,1-7H3/t30-,33+,42-,43+,44+,48+,49+,50-,51-/m0/s1. The van der Waals surface area contributed by atoms with Gasteiger partial charge < -0.3 is 38.8 Å². The summed E-state index contributed by atoms with van der Waals surface area (Å²) in [5.74, 6) is -6.04. The fourth-order valence-corrected chi connectivity index (χ4v) is 14.2. The van der Waals surface area contributed by atoms with Gasteiger partial charge in [0.2, 0.25) is 11.5 Å². The number of nitrogens with one attached hydrogen (secondary N) is 1. The van der Waals surface area contributed by atoms with Gasteiger partial charge in [-0.25, -0.2) is 13.6 Å². The number of fused-ring (bicyclic) bond motifs is 6. The summed E-state index contributed by atoms with van der Waals surface area (Å²) in [6.07, 6.45) is 7.89. The zero-order valence-corrected chi connectivity index (χ0v) is 38.7. The maximum absolute atomic E-state index is 15.6. The number of aromatic nitrogens is 2. The van der Waals surface area contributed by atoms with E-state index in [4.69, 9.17) is 18.9 Å². The van der Waals surface area contributed by atoms with Gasteiger partial charge in [-0.3, -0.25) is 19.5 Å². The number of ether oxygens (including phenoxy) is 4. The summed E-state index contributed by atoms with van der Waals surface area (Å²) in [5, 5.41) is 14.3. The molecule has 350 valence electrons. The molecule has 10 rings (SSSR count). The third kappa shape index (κ3) is 6.03. The molecule has 0 amide bonds. The number of hydrogen-bond acceptors (Lipinski definition) is 12. The van der Waals surface area contributed by atoms with E-state index in [1.54, 1.807) is 19.5 Å². The van der Waals surface area contributed by atoms with Gasteiger partial charge in [-0.15, -0.1) is 0 Å². The van der Waals surface area contributed by atoms with E-state index in [2.05, 4.69) is 25.8 Å². The van der Waals surface area contributed by atoms with Crippen LogP contribution in [-0.4, -0.2) is 134 Å². The molecule has 5 aliphatic heterocycles. The van der Waals surface area contributed by atoms with Crippen molar-refractivity contribution in [2.24, 2.45) is 17.3 Å². The highest BCUT2D eigenvalue weighted by molar-refractivity contribution is 5.96. The number of likely N-dealkylation sites (N-methyl/N-ethyl adjacent to an activating group) is 1. The van der Waals surface area contributed by atoms with Crippen molar-refractivity contribution in [2.45, 2.75) is 93.4 Å². The molecule has 2 saturated heterocycles. The number of piperidine rings is 1. The molecule has 2 bridgehead atoms. The number of H-pyrrole nitrogens is 1. The van der Waals surface area contributed by atoms with Crippen molar-refractivity contribution in [2.75, 3.05) is 66.0 Å². The molecular weight excluding hydrogens is 849 g/mol. The van der Waals surface area contributed by atoms with Crippen LogP contribution in [0.15, 0.2) is 67.0 Å². The molecular formula is C51H59F2N5O8. The van der Waals surface area contributed by atoms with Crippen molar-refractivity contribution >= 4 is 34.5 Å². The van der Waals surface area contributed by atoms with Crippen LogP contribution in [-0.2, 0) is 45.8 Å². The fraction of sp³-hybridized carbons (Fsp3) is 0.529. The first-order valence-electron chi connectivity index (χ1n) is 23.1. The molecule has 2 aromatic carbocycles. The van der Waals surface area contributed by atoms with Gasteiger partial charge in [0.1, 0.15) is 11.2 Å². The lowest BCUT2D eigenvalue weighted by Crippen LogP contribution is -2.81. The first kappa shape index (κ1) is 44.5. The summed E-state index contributed by atoms with van der Waals surface area (Å²) >= 11 is 0. The Morgan fingerprint density at radius 2 is 1.73 bits per heavy atom. The number of aliphatic hydroxyl groups is 1. The first-order valence-corrected chi connectivity index (χ1v) is 23.1.